The molecule has 5 aromatic rings. The van der Waals surface area contributed by atoms with Gasteiger partial charge in [0.25, 0.3) is 5.56 Å². The first-order valence-electron chi connectivity index (χ1n) is 11.3. The Labute approximate surface area is 211 Å². The molecule has 0 aliphatic heterocycles. The van der Waals surface area contributed by atoms with Crippen LogP contribution >= 0.6 is 11.3 Å². The molecule has 2 aromatic heterocycles. The molecule has 0 saturated carbocycles. The van der Waals surface area contributed by atoms with Gasteiger partial charge in [-0.1, -0.05) is 78.1 Å². The third-order valence-corrected chi connectivity index (χ3v) is 6.47. The topological polar surface area (TPSA) is 88.9 Å². The van der Waals surface area contributed by atoms with Crippen LogP contribution in [0.5, 0.6) is 0 Å². The monoisotopic (exact) mass is 493 g/mol. The van der Waals surface area contributed by atoms with Gasteiger partial charge in [-0.25, -0.2) is 9.67 Å². The van der Waals surface area contributed by atoms with Gasteiger partial charge in [-0.15, -0.1) is 10.2 Å². The van der Waals surface area contributed by atoms with Gasteiger partial charge in [-0.3, -0.25) is 14.9 Å². The Morgan fingerprint density at radius 3 is 2.22 bits per heavy atom. The lowest BCUT2D eigenvalue weighted by molar-refractivity contribution is 0.630. The van der Waals surface area contributed by atoms with Crippen LogP contribution in [0.1, 0.15) is 11.3 Å². The van der Waals surface area contributed by atoms with E-state index in [-0.39, 0.29) is 5.56 Å². The number of anilines is 1. The van der Waals surface area contributed by atoms with Gasteiger partial charge in [0.05, 0.1) is 23.2 Å². The summed E-state index contributed by atoms with van der Waals surface area (Å²) in [5.41, 5.74) is 7.30. The minimum absolute atomic E-state index is 0.145. The smallest absolute Gasteiger partial charge is 0.280 e. The van der Waals surface area contributed by atoms with E-state index in [0.29, 0.717) is 21.4 Å². The number of hydrazone groups is 1. The summed E-state index contributed by atoms with van der Waals surface area (Å²) in [6, 6.07) is 28.9. The lowest BCUT2D eigenvalue weighted by atomic mass is 10.2. The fourth-order valence-corrected chi connectivity index (χ4v) is 4.46. The van der Waals surface area contributed by atoms with E-state index in [1.165, 1.54) is 17.6 Å². The van der Waals surface area contributed by atoms with E-state index in [2.05, 4.69) is 20.8 Å². The molecule has 36 heavy (non-hydrogen) atoms. The molecule has 1 N–H and O–H groups in total. The van der Waals surface area contributed by atoms with Gasteiger partial charge in [0.15, 0.2) is 5.00 Å². The molecule has 2 heterocycles. The highest BCUT2D eigenvalue weighted by Crippen LogP contribution is 2.39. The van der Waals surface area contributed by atoms with Gasteiger partial charge in [0.1, 0.15) is 5.69 Å². The van der Waals surface area contributed by atoms with Crippen LogP contribution in [0, 0.1) is 6.92 Å². The second-order valence-corrected chi connectivity index (χ2v) is 8.90. The number of benzene rings is 3. The zero-order chi connectivity index (χ0) is 24.9. The van der Waals surface area contributed by atoms with Gasteiger partial charge >= 0.3 is 0 Å². The molecule has 0 amide bonds. The fraction of sp³-hybridized carbons (Fsp3) is 0.0741. The molecule has 9 heteroatoms. The highest BCUT2D eigenvalue weighted by atomic mass is 32.1. The normalized spacial score (nSPS) is 11.5. The van der Waals surface area contributed by atoms with Gasteiger partial charge in [0.2, 0.25) is 5.13 Å². The summed E-state index contributed by atoms with van der Waals surface area (Å²) >= 11 is 1.34. The number of thiazole rings is 1. The molecule has 0 saturated heterocycles. The van der Waals surface area contributed by atoms with Crippen LogP contribution in [0.4, 0.5) is 15.8 Å². The number of rotatable bonds is 7. The van der Waals surface area contributed by atoms with Crippen molar-refractivity contribution < 1.29 is 0 Å². The molecule has 0 aliphatic carbocycles. The summed E-state index contributed by atoms with van der Waals surface area (Å²) in [6.45, 7) is 1.89. The first-order chi connectivity index (χ1) is 17.6. The van der Waals surface area contributed by atoms with Crippen LogP contribution in [0.3, 0.4) is 0 Å². The van der Waals surface area contributed by atoms with Crippen LogP contribution in [0.15, 0.2) is 111 Å². The maximum Gasteiger partial charge on any atom is 0.280 e. The van der Waals surface area contributed by atoms with E-state index in [9.17, 15) is 4.79 Å². The number of nitrogens with zero attached hydrogens (tertiary/aromatic N) is 6. The van der Waals surface area contributed by atoms with Gasteiger partial charge in [-0.2, -0.15) is 5.10 Å². The van der Waals surface area contributed by atoms with Gasteiger partial charge in [0, 0.05) is 18.3 Å². The zero-order valence-corrected chi connectivity index (χ0v) is 20.6. The predicted molar refractivity (Wildman–Crippen MR) is 145 cm³/mol. The van der Waals surface area contributed by atoms with Crippen LogP contribution in [-0.2, 0) is 7.05 Å². The highest BCUT2D eigenvalue weighted by Gasteiger charge is 2.15. The summed E-state index contributed by atoms with van der Waals surface area (Å²) in [7, 11) is 1.85. The van der Waals surface area contributed by atoms with Gasteiger partial charge < -0.3 is 0 Å². The Balaban J connectivity index is 1.43. The van der Waals surface area contributed by atoms with Crippen molar-refractivity contribution in [2.75, 3.05) is 5.43 Å². The molecule has 0 fully saturated rings. The molecule has 8 nitrogen and oxygen atoms in total. The minimum Gasteiger partial charge on any atom is -0.285 e. The van der Waals surface area contributed by atoms with Crippen molar-refractivity contribution >= 4 is 33.4 Å². The first kappa shape index (κ1) is 23.1. The Morgan fingerprint density at radius 2 is 1.53 bits per heavy atom. The van der Waals surface area contributed by atoms with Crippen LogP contribution in [0.2, 0.25) is 0 Å². The SMILES string of the molecule is Cc1c(/C=N/Nc2nc(-c3ccccc3)c(N=Nc3ccccc3)s2)c(=O)n(-c2ccccc2)n1C. The number of azo groups is 1. The highest BCUT2D eigenvalue weighted by molar-refractivity contribution is 7.19. The minimum atomic E-state index is -0.145. The Morgan fingerprint density at radius 1 is 0.889 bits per heavy atom. The van der Waals surface area contributed by atoms with Crippen molar-refractivity contribution in [2.45, 2.75) is 6.92 Å². The number of aromatic nitrogens is 3. The second kappa shape index (κ2) is 10.3. The zero-order valence-electron chi connectivity index (χ0n) is 19.7. The molecule has 3 aromatic carbocycles. The average molecular weight is 494 g/mol. The van der Waals surface area contributed by atoms with Crippen molar-refractivity contribution in [1.29, 1.82) is 0 Å². The van der Waals surface area contributed by atoms with Crippen molar-refractivity contribution in [3.8, 4) is 16.9 Å². The summed E-state index contributed by atoms with van der Waals surface area (Å²) in [5, 5.41) is 14.3. The molecule has 0 atom stereocenters. The van der Waals surface area contributed by atoms with E-state index in [0.717, 1.165) is 22.6 Å². The van der Waals surface area contributed by atoms with E-state index in [1.54, 1.807) is 4.68 Å². The largest absolute Gasteiger partial charge is 0.285 e. The van der Waals surface area contributed by atoms with E-state index < -0.39 is 0 Å². The van der Waals surface area contributed by atoms with Crippen LogP contribution in [-0.4, -0.2) is 20.6 Å². The molecular formula is C27H23N7OS. The number of nitrogens with one attached hydrogen (secondary N) is 1. The summed E-state index contributed by atoms with van der Waals surface area (Å²) in [4.78, 5) is 17.8. The lowest BCUT2D eigenvalue weighted by Gasteiger charge is -2.07. The Bertz CT molecular complexity index is 1580. The number of para-hydroxylation sites is 1. The van der Waals surface area contributed by atoms with Crippen molar-refractivity contribution in [3.63, 3.8) is 0 Å². The maximum absolute atomic E-state index is 13.1. The molecule has 0 unspecified atom stereocenters. The molecule has 0 radical (unpaired) electrons. The molecular weight excluding hydrogens is 470 g/mol. The third kappa shape index (κ3) is 4.77. The molecule has 5 rings (SSSR count). The van der Waals surface area contributed by atoms with E-state index in [1.807, 2.05) is 110 Å². The molecule has 0 spiro atoms. The maximum atomic E-state index is 13.1. The third-order valence-electron chi connectivity index (χ3n) is 5.62. The molecule has 178 valence electrons. The summed E-state index contributed by atoms with van der Waals surface area (Å²) in [6.07, 6.45) is 1.53. The quantitative estimate of drug-likeness (QED) is 0.160. The van der Waals surface area contributed by atoms with Crippen molar-refractivity contribution in [2.24, 2.45) is 22.4 Å². The van der Waals surface area contributed by atoms with Crippen molar-refractivity contribution in [3.05, 3.63) is 113 Å². The number of hydrogen-bond donors (Lipinski definition) is 1. The summed E-state index contributed by atoms with van der Waals surface area (Å²) in [5.74, 6) is 0. The van der Waals surface area contributed by atoms with Crippen LogP contribution < -0.4 is 11.0 Å². The predicted octanol–water partition coefficient (Wildman–Crippen LogP) is 6.47. The fourth-order valence-electron chi connectivity index (χ4n) is 3.70. The Hall–Kier alpha value is -4.63. The summed E-state index contributed by atoms with van der Waals surface area (Å²) < 4.78 is 3.44. The van der Waals surface area contributed by atoms with Gasteiger partial charge in [-0.05, 0) is 31.2 Å². The lowest BCUT2D eigenvalue weighted by Crippen LogP contribution is -2.20. The van der Waals surface area contributed by atoms with Crippen molar-refractivity contribution in [1.82, 2.24) is 14.3 Å². The first-order valence-corrected chi connectivity index (χ1v) is 12.1. The Kier molecular flexibility index (Phi) is 6.63. The molecule has 0 bridgehead atoms. The van der Waals surface area contributed by atoms with E-state index in [4.69, 9.17) is 4.98 Å². The van der Waals surface area contributed by atoms with E-state index >= 15 is 0 Å². The van der Waals surface area contributed by atoms with Crippen LogP contribution in [0.25, 0.3) is 16.9 Å². The molecule has 0 aliphatic rings. The average Bonchev–Trinajstić information content (AvgIpc) is 3.42. The standard InChI is InChI=1S/C27H23N7OS/c1-19-23(26(35)34(33(19)2)22-16-10-5-11-17-22)18-28-32-27-29-24(20-12-6-3-7-13-20)25(36-27)31-30-21-14-8-4-9-15-21/h3-18H,1-2H3,(H,29,32)/b28-18+,31-30?. The second-order valence-electron chi connectivity index (χ2n) is 7.92. The number of hydrogen-bond acceptors (Lipinski definition) is 7.